The number of nitrogens with zero attached hydrogens (tertiary/aromatic N) is 1. The quantitative estimate of drug-likeness (QED) is 0.827. The number of aryl methyl sites for hydroxylation is 1. The summed E-state index contributed by atoms with van der Waals surface area (Å²) in [5.74, 6) is 0.252. The fraction of sp³-hybridized carbons (Fsp3) is 0.615. The minimum absolute atomic E-state index is 0.203. The molecule has 0 bridgehead atoms. The van der Waals surface area contributed by atoms with Gasteiger partial charge in [-0.25, -0.2) is 0 Å². The summed E-state index contributed by atoms with van der Waals surface area (Å²) in [5, 5.41) is 2.06. The molecule has 2 rings (SSSR count). The van der Waals surface area contributed by atoms with Gasteiger partial charge in [0.05, 0.1) is 25.3 Å². The number of carbonyl (C=O) groups is 1. The predicted molar refractivity (Wildman–Crippen MR) is 69.2 cm³/mol. The fourth-order valence-corrected chi connectivity index (χ4v) is 3.02. The summed E-state index contributed by atoms with van der Waals surface area (Å²) < 4.78 is 5.43. The number of amides is 1. The zero-order valence-corrected chi connectivity index (χ0v) is 11.2. The number of hydrogen-bond donors (Lipinski definition) is 0. The summed E-state index contributed by atoms with van der Waals surface area (Å²) in [6, 6.07) is 4.53. The molecule has 17 heavy (non-hydrogen) atoms. The van der Waals surface area contributed by atoms with E-state index in [0.717, 1.165) is 6.42 Å². The van der Waals surface area contributed by atoms with Crippen LogP contribution in [0.1, 0.15) is 25.1 Å². The van der Waals surface area contributed by atoms with Gasteiger partial charge in [0.25, 0.3) is 0 Å². The molecule has 2 unspecified atom stereocenters. The van der Waals surface area contributed by atoms with E-state index in [-0.39, 0.29) is 18.0 Å². The third-order valence-electron chi connectivity index (χ3n) is 3.12. The van der Waals surface area contributed by atoms with Crippen molar-refractivity contribution < 1.29 is 9.53 Å². The second-order valence-electron chi connectivity index (χ2n) is 4.62. The molecule has 2 atom stereocenters. The van der Waals surface area contributed by atoms with Crippen LogP contribution in [0.15, 0.2) is 17.5 Å². The van der Waals surface area contributed by atoms with Crippen LogP contribution in [0.25, 0.3) is 0 Å². The number of ether oxygens (including phenoxy) is 1. The Morgan fingerprint density at radius 1 is 1.47 bits per heavy atom. The van der Waals surface area contributed by atoms with Gasteiger partial charge in [-0.2, -0.15) is 0 Å². The number of rotatable bonds is 3. The Bertz CT molecular complexity index is 354. The largest absolute Gasteiger partial charge is 0.377 e. The average molecular weight is 253 g/mol. The lowest BCUT2D eigenvalue weighted by Crippen LogP contribution is -2.52. The van der Waals surface area contributed by atoms with Crippen molar-refractivity contribution in [3.05, 3.63) is 22.4 Å². The predicted octanol–water partition coefficient (Wildman–Crippen LogP) is 2.32. The van der Waals surface area contributed by atoms with E-state index < -0.39 is 0 Å². The minimum atomic E-state index is 0.203. The SMILES string of the molecule is CC1COCC(C)N1C(=O)CCc1cccs1. The highest BCUT2D eigenvalue weighted by Gasteiger charge is 2.28. The Morgan fingerprint density at radius 2 is 2.18 bits per heavy atom. The maximum atomic E-state index is 12.2. The second kappa shape index (κ2) is 5.65. The van der Waals surface area contributed by atoms with Gasteiger partial charge in [-0.15, -0.1) is 11.3 Å². The summed E-state index contributed by atoms with van der Waals surface area (Å²) >= 11 is 1.72. The number of carbonyl (C=O) groups excluding carboxylic acids is 1. The van der Waals surface area contributed by atoms with E-state index in [0.29, 0.717) is 19.6 Å². The maximum absolute atomic E-state index is 12.2. The Morgan fingerprint density at radius 3 is 2.76 bits per heavy atom. The van der Waals surface area contributed by atoms with Crippen molar-refractivity contribution in [2.45, 2.75) is 38.8 Å². The first-order valence-electron chi connectivity index (χ1n) is 6.09. The molecule has 1 aromatic heterocycles. The van der Waals surface area contributed by atoms with Gasteiger partial charge >= 0.3 is 0 Å². The lowest BCUT2D eigenvalue weighted by atomic mass is 10.1. The van der Waals surface area contributed by atoms with Gasteiger partial charge in [0.1, 0.15) is 0 Å². The maximum Gasteiger partial charge on any atom is 0.223 e. The summed E-state index contributed by atoms with van der Waals surface area (Å²) in [5.41, 5.74) is 0. The molecule has 1 saturated heterocycles. The summed E-state index contributed by atoms with van der Waals surface area (Å²) in [4.78, 5) is 15.5. The zero-order chi connectivity index (χ0) is 12.3. The van der Waals surface area contributed by atoms with E-state index in [2.05, 4.69) is 25.3 Å². The van der Waals surface area contributed by atoms with E-state index in [1.54, 1.807) is 11.3 Å². The summed E-state index contributed by atoms with van der Waals surface area (Å²) in [6.45, 7) is 5.43. The molecule has 1 aliphatic rings. The van der Waals surface area contributed by atoms with Gasteiger partial charge in [0.15, 0.2) is 0 Å². The summed E-state index contributed by atoms with van der Waals surface area (Å²) in [7, 11) is 0. The minimum Gasteiger partial charge on any atom is -0.377 e. The van der Waals surface area contributed by atoms with Gasteiger partial charge in [-0.1, -0.05) is 6.07 Å². The molecule has 2 heterocycles. The second-order valence-corrected chi connectivity index (χ2v) is 5.65. The van der Waals surface area contributed by atoms with Crippen LogP contribution in [0, 0.1) is 0 Å². The topological polar surface area (TPSA) is 29.5 Å². The molecule has 1 aliphatic heterocycles. The Hall–Kier alpha value is -0.870. The van der Waals surface area contributed by atoms with Crippen molar-refractivity contribution in [1.82, 2.24) is 4.90 Å². The van der Waals surface area contributed by atoms with Gasteiger partial charge in [0, 0.05) is 11.3 Å². The highest BCUT2D eigenvalue weighted by molar-refractivity contribution is 7.09. The van der Waals surface area contributed by atoms with E-state index >= 15 is 0 Å². The fourth-order valence-electron chi connectivity index (χ4n) is 2.31. The van der Waals surface area contributed by atoms with Gasteiger partial charge in [-0.3, -0.25) is 4.79 Å². The van der Waals surface area contributed by atoms with Crippen LogP contribution in [-0.4, -0.2) is 36.1 Å². The van der Waals surface area contributed by atoms with Crippen LogP contribution in [0.3, 0.4) is 0 Å². The lowest BCUT2D eigenvalue weighted by molar-refractivity contribution is -0.144. The van der Waals surface area contributed by atoms with Crippen molar-refractivity contribution in [2.24, 2.45) is 0 Å². The molecular formula is C13H19NO2S. The van der Waals surface area contributed by atoms with Crippen LogP contribution in [0.2, 0.25) is 0 Å². The zero-order valence-electron chi connectivity index (χ0n) is 10.4. The third kappa shape index (κ3) is 3.07. The van der Waals surface area contributed by atoms with Gasteiger partial charge in [-0.05, 0) is 31.7 Å². The molecule has 1 fully saturated rings. The van der Waals surface area contributed by atoms with Crippen molar-refractivity contribution in [3.63, 3.8) is 0 Å². The molecule has 4 heteroatoms. The first-order valence-corrected chi connectivity index (χ1v) is 6.97. The molecule has 1 amide bonds. The Labute approximate surface area is 106 Å². The normalized spacial score (nSPS) is 24.9. The van der Waals surface area contributed by atoms with Crippen molar-refractivity contribution in [3.8, 4) is 0 Å². The monoisotopic (exact) mass is 253 g/mol. The molecule has 1 aromatic rings. The van der Waals surface area contributed by atoms with Crippen LogP contribution in [0.4, 0.5) is 0 Å². The van der Waals surface area contributed by atoms with E-state index in [1.807, 2.05) is 11.0 Å². The smallest absolute Gasteiger partial charge is 0.223 e. The Kier molecular flexibility index (Phi) is 4.18. The van der Waals surface area contributed by atoms with Crippen LogP contribution in [-0.2, 0) is 16.0 Å². The molecule has 0 spiro atoms. The first-order chi connectivity index (χ1) is 8.18. The molecule has 0 aromatic carbocycles. The third-order valence-corrected chi connectivity index (χ3v) is 4.06. The molecule has 94 valence electrons. The lowest BCUT2D eigenvalue weighted by Gasteiger charge is -2.38. The number of hydrogen-bond acceptors (Lipinski definition) is 3. The average Bonchev–Trinajstić information content (AvgIpc) is 2.79. The van der Waals surface area contributed by atoms with Crippen LogP contribution in [0.5, 0.6) is 0 Å². The molecule has 0 radical (unpaired) electrons. The first kappa shape index (κ1) is 12.6. The standard InChI is InChI=1S/C13H19NO2S/c1-10-8-16-9-11(2)14(10)13(15)6-5-12-4-3-7-17-12/h3-4,7,10-11H,5-6,8-9H2,1-2H3. The van der Waals surface area contributed by atoms with E-state index in [4.69, 9.17) is 4.74 Å². The van der Waals surface area contributed by atoms with Gasteiger partial charge in [0.2, 0.25) is 5.91 Å². The van der Waals surface area contributed by atoms with Crippen molar-refractivity contribution >= 4 is 17.2 Å². The number of thiophene rings is 1. The number of morpholine rings is 1. The summed E-state index contributed by atoms with van der Waals surface area (Å²) in [6.07, 6.45) is 1.46. The molecule has 3 nitrogen and oxygen atoms in total. The molecular weight excluding hydrogens is 234 g/mol. The highest BCUT2D eigenvalue weighted by atomic mass is 32.1. The molecule has 0 saturated carbocycles. The molecule has 0 N–H and O–H groups in total. The van der Waals surface area contributed by atoms with E-state index in [9.17, 15) is 4.79 Å². The van der Waals surface area contributed by atoms with Gasteiger partial charge < -0.3 is 9.64 Å². The Balaban J connectivity index is 1.90. The highest BCUT2D eigenvalue weighted by Crippen LogP contribution is 2.17. The van der Waals surface area contributed by atoms with Crippen LogP contribution >= 0.6 is 11.3 Å². The van der Waals surface area contributed by atoms with E-state index in [1.165, 1.54) is 4.88 Å². The van der Waals surface area contributed by atoms with Crippen molar-refractivity contribution in [2.75, 3.05) is 13.2 Å². The molecule has 0 aliphatic carbocycles. The van der Waals surface area contributed by atoms with Crippen LogP contribution < -0.4 is 0 Å². The van der Waals surface area contributed by atoms with Crippen molar-refractivity contribution in [1.29, 1.82) is 0 Å².